The number of ether oxygens (including phenoxy) is 1. The number of rotatable bonds is 4. The molecule has 2 rings (SSSR count). The van der Waals surface area contributed by atoms with E-state index in [2.05, 4.69) is 5.32 Å². The number of methoxy groups -OCH3 is 1. The van der Waals surface area contributed by atoms with Gasteiger partial charge in [0.2, 0.25) is 10.0 Å². The van der Waals surface area contributed by atoms with Crippen LogP contribution < -0.4 is 20.9 Å². The lowest BCUT2D eigenvalue weighted by Gasteiger charge is -2.13. The first kappa shape index (κ1) is 15.1. The van der Waals surface area contributed by atoms with Crippen LogP contribution in [0.25, 0.3) is 0 Å². The van der Waals surface area contributed by atoms with E-state index in [9.17, 15) is 8.42 Å². The van der Waals surface area contributed by atoms with Gasteiger partial charge in [-0.2, -0.15) is 0 Å². The normalized spacial score (nSPS) is 11.2. The van der Waals surface area contributed by atoms with Crippen molar-refractivity contribution in [1.29, 1.82) is 0 Å². The van der Waals surface area contributed by atoms with Crippen LogP contribution in [0.5, 0.6) is 5.75 Å². The summed E-state index contributed by atoms with van der Waals surface area (Å²) in [5.74, 6) is 0.639. The molecule has 6 nitrogen and oxygen atoms in total. The number of nitrogens with one attached hydrogen (secondary N) is 1. The van der Waals surface area contributed by atoms with Crippen LogP contribution in [0.15, 0.2) is 41.3 Å². The van der Waals surface area contributed by atoms with Gasteiger partial charge in [-0.15, -0.1) is 0 Å². The minimum Gasteiger partial charge on any atom is -0.495 e. The highest BCUT2D eigenvalue weighted by molar-refractivity contribution is 7.89. The highest BCUT2D eigenvalue weighted by atomic mass is 32.2. The van der Waals surface area contributed by atoms with Gasteiger partial charge in [-0.1, -0.05) is 6.07 Å². The molecule has 2 aromatic rings. The summed E-state index contributed by atoms with van der Waals surface area (Å²) < 4.78 is 28.1. The molecular weight excluding hydrogens is 290 g/mol. The van der Waals surface area contributed by atoms with Gasteiger partial charge in [0.1, 0.15) is 5.75 Å². The maximum absolute atomic E-state index is 11.4. The minimum absolute atomic E-state index is 0.0448. The van der Waals surface area contributed by atoms with Gasteiger partial charge in [-0.05, 0) is 42.8 Å². The molecule has 0 aliphatic heterocycles. The fourth-order valence-corrected chi connectivity index (χ4v) is 2.53. The monoisotopic (exact) mass is 307 g/mol. The minimum atomic E-state index is -3.82. The predicted molar refractivity (Wildman–Crippen MR) is 83.2 cm³/mol. The molecule has 0 heterocycles. The van der Waals surface area contributed by atoms with E-state index in [0.717, 1.165) is 5.56 Å². The number of sulfonamides is 1. The smallest absolute Gasteiger partial charge is 0.238 e. The summed E-state index contributed by atoms with van der Waals surface area (Å²) in [6.45, 7) is 1.94. The fraction of sp³-hybridized carbons (Fsp3) is 0.143. The van der Waals surface area contributed by atoms with Crippen LogP contribution in [0.2, 0.25) is 0 Å². The van der Waals surface area contributed by atoms with Crippen molar-refractivity contribution >= 4 is 27.1 Å². The van der Waals surface area contributed by atoms with E-state index in [-0.39, 0.29) is 4.90 Å². The molecule has 0 aromatic heterocycles. The quantitative estimate of drug-likeness (QED) is 0.749. The van der Waals surface area contributed by atoms with Crippen LogP contribution in [0.1, 0.15) is 5.56 Å². The largest absolute Gasteiger partial charge is 0.495 e. The zero-order chi connectivity index (χ0) is 15.6. The van der Waals surface area contributed by atoms with E-state index in [1.165, 1.54) is 12.1 Å². The van der Waals surface area contributed by atoms with Gasteiger partial charge in [0.05, 0.1) is 17.7 Å². The first-order valence-electron chi connectivity index (χ1n) is 6.14. The Kier molecular flexibility index (Phi) is 4.06. The van der Waals surface area contributed by atoms with Gasteiger partial charge >= 0.3 is 0 Å². The first-order valence-corrected chi connectivity index (χ1v) is 7.69. The van der Waals surface area contributed by atoms with E-state index < -0.39 is 10.0 Å². The molecule has 0 spiro atoms. The first-order chi connectivity index (χ1) is 9.79. The molecule has 0 bridgehead atoms. The van der Waals surface area contributed by atoms with Crippen molar-refractivity contribution in [3.8, 4) is 5.75 Å². The van der Waals surface area contributed by atoms with E-state index in [1.54, 1.807) is 13.2 Å². The SMILES string of the molecule is COc1ccc(C)cc1Nc1cc(N)cc(S(N)(=O)=O)c1. The van der Waals surface area contributed by atoms with Crippen molar-refractivity contribution in [2.75, 3.05) is 18.2 Å². The Labute approximate surface area is 123 Å². The predicted octanol–water partition coefficient (Wildman–Crippen LogP) is 1.98. The number of aryl methyl sites for hydroxylation is 1. The number of nitrogens with two attached hydrogens (primary N) is 2. The van der Waals surface area contributed by atoms with Crippen molar-refractivity contribution in [3.63, 3.8) is 0 Å². The third-order valence-electron chi connectivity index (χ3n) is 2.89. The highest BCUT2D eigenvalue weighted by Crippen LogP contribution is 2.30. The molecule has 21 heavy (non-hydrogen) atoms. The van der Waals surface area contributed by atoms with Crippen LogP contribution in [0, 0.1) is 6.92 Å². The molecule has 112 valence electrons. The number of primary sulfonamides is 1. The summed E-state index contributed by atoms with van der Waals surface area (Å²) in [5.41, 5.74) is 8.28. The van der Waals surface area contributed by atoms with E-state index in [0.29, 0.717) is 22.8 Å². The average molecular weight is 307 g/mol. The molecule has 0 atom stereocenters. The van der Waals surface area contributed by atoms with Gasteiger partial charge in [0.15, 0.2) is 0 Å². The Morgan fingerprint density at radius 2 is 1.86 bits per heavy atom. The lowest BCUT2D eigenvalue weighted by molar-refractivity contribution is 0.416. The van der Waals surface area contributed by atoms with Crippen molar-refractivity contribution in [2.24, 2.45) is 5.14 Å². The lowest BCUT2D eigenvalue weighted by Crippen LogP contribution is -2.12. The molecule has 7 heteroatoms. The summed E-state index contributed by atoms with van der Waals surface area (Å²) in [5, 5.41) is 8.22. The van der Waals surface area contributed by atoms with Crippen LogP contribution in [0.3, 0.4) is 0 Å². The second-order valence-corrected chi connectivity index (χ2v) is 6.23. The molecule has 0 saturated heterocycles. The van der Waals surface area contributed by atoms with Crippen molar-refractivity contribution < 1.29 is 13.2 Å². The average Bonchev–Trinajstić information content (AvgIpc) is 2.37. The lowest BCUT2D eigenvalue weighted by atomic mass is 10.2. The second-order valence-electron chi connectivity index (χ2n) is 4.66. The summed E-state index contributed by atoms with van der Waals surface area (Å²) in [6, 6.07) is 9.99. The molecule has 0 aliphatic rings. The van der Waals surface area contributed by atoms with E-state index in [1.807, 2.05) is 25.1 Å². The van der Waals surface area contributed by atoms with Crippen LogP contribution in [-0.2, 0) is 10.0 Å². The second kappa shape index (κ2) is 5.63. The zero-order valence-corrected chi connectivity index (χ0v) is 12.6. The maximum Gasteiger partial charge on any atom is 0.238 e. The van der Waals surface area contributed by atoms with Gasteiger partial charge in [0.25, 0.3) is 0 Å². The molecular formula is C14H17N3O3S. The fourth-order valence-electron chi connectivity index (χ4n) is 1.93. The summed E-state index contributed by atoms with van der Waals surface area (Å²) in [6.07, 6.45) is 0. The zero-order valence-electron chi connectivity index (χ0n) is 11.8. The molecule has 0 radical (unpaired) electrons. The molecule has 0 fully saturated rings. The maximum atomic E-state index is 11.4. The Morgan fingerprint density at radius 3 is 2.48 bits per heavy atom. The van der Waals surface area contributed by atoms with Crippen molar-refractivity contribution in [3.05, 3.63) is 42.0 Å². The number of benzene rings is 2. The van der Waals surface area contributed by atoms with Crippen molar-refractivity contribution in [2.45, 2.75) is 11.8 Å². The number of anilines is 3. The van der Waals surface area contributed by atoms with Crippen molar-refractivity contribution in [1.82, 2.24) is 0 Å². The van der Waals surface area contributed by atoms with Crippen LogP contribution >= 0.6 is 0 Å². The van der Waals surface area contributed by atoms with E-state index in [4.69, 9.17) is 15.6 Å². The van der Waals surface area contributed by atoms with Gasteiger partial charge in [-0.3, -0.25) is 0 Å². The number of hydrogen-bond donors (Lipinski definition) is 3. The molecule has 2 aromatic carbocycles. The summed E-state index contributed by atoms with van der Waals surface area (Å²) in [7, 11) is -2.25. The van der Waals surface area contributed by atoms with Gasteiger partial charge in [0, 0.05) is 11.4 Å². The Bertz CT molecular complexity index is 773. The molecule has 0 aliphatic carbocycles. The highest BCUT2D eigenvalue weighted by Gasteiger charge is 2.11. The Morgan fingerprint density at radius 1 is 1.14 bits per heavy atom. The third-order valence-corrected chi connectivity index (χ3v) is 3.78. The molecule has 5 N–H and O–H groups in total. The molecule has 0 amide bonds. The topological polar surface area (TPSA) is 107 Å². The van der Waals surface area contributed by atoms with Gasteiger partial charge in [-0.25, -0.2) is 13.6 Å². The standard InChI is InChI=1S/C14H17N3O3S/c1-9-3-4-14(20-2)13(5-9)17-11-6-10(15)7-12(8-11)21(16,18)19/h3-8,17H,15H2,1-2H3,(H2,16,18,19). The Hall–Kier alpha value is -2.25. The van der Waals surface area contributed by atoms with Gasteiger partial charge < -0.3 is 15.8 Å². The molecule has 0 saturated carbocycles. The third kappa shape index (κ3) is 3.65. The summed E-state index contributed by atoms with van der Waals surface area (Å²) in [4.78, 5) is -0.0448. The summed E-state index contributed by atoms with van der Waals surface area (Å²) >= 11 is 0. The number of nitrogen functional groups attached to an aromatic ring is 1. The van der Waals surface area contributed by atoms with Crippen LogP contribution in [-0.4, -0.2) is 15.5 Å². The van der Waals surface area contributed by atoms with Crippen LogP contribution in [0.4, 0.5) is 17.1 Å². The molecule has 0 unspecified atom stereocenters. The number of hydrogen-bond acceptors (Lipinski definition) is 5. The van der Waals surface area contributed by atoms with E-state index >= 15 is 0 Å². The Balaban J connectivity index is 2.45.